The van der Waals surface area contributed by atoms with Crippen LogP contribution in [0.25, 0.3) is 0 Å². The zero-order chi connectivity index (χ0) is 14.4. The molecule has 1 radical (unpaired) electrons. The molecular weight excluding hydrogens is 254 g/mol. The molecule has 0 aromatic heterocycles. The number of piperidine rings is 1. The largest absolute Gasteiger partial charge is 0.366 e. The molecule has 0 aliphatic carbocycles. The van der Waals surface area contributed by atoms with E-state index in [2.05, 4.69) is 10.6 Å². The second-order valence-corrected chi connectivity index (χ2v) is 5.17. The van der Waals surface area contributed by atoms with Gasteiger partial charge in [-0.3, -0.25) is 9.59 Å². The summed E-state index contributed by atoms with van der Waals surface area (Å²) in [6, 6.07) is 6.60. The molecule has 0 spiro atoms. The maximum absolute atomic E-state index is 11.8. The summed E-state index contributed by atoms with van der Waals surface area (Å²) in [6.07, 6.45) is 3.71. The van der Waals surface area contributed by atoms with E-state index in [1.807, 2.05) is 0 Å². The van der Waals surface area contributed by atoms with Crippen molar-refractivity contribution >= 4 is 17.5 Å². The summed E-state index contributed by atoms with van der Waals surface area (Å²) < 4.78 is 0. The number of benzene rings is 1. The van der Waals surface area contributed by atoms with Crippen molar-refractivity contribution in [3.8, 4) is 0 Å². The van der Waals surface area contributed by atoms with E-state index < -0.39 is 5.91 Å². The van der Waals surface area contributed by atoms with Crippen LogP contribution in [0.3, 0.4) is 0 Å². The Kier molecular flexibility index (Phi) is 5.12. The average Bonchev–Trinajstić information content (AvgIpc) is 2.47. The number of primary amides is 1. The molecule has 3 N–H and O–H groups in total. The van der Waals surface area contributed by atoms with Crippen LogP contribution in [0.1, 0.15) is 36.0 Å². The summed E-state index contributed by atoms with van der Waals surface area (Å²) in [5.74, 6) is 0.0815. The van der Waals surface area contributed by atoms with Crippen molar-refractivity contribution in [2.75, 3.05) is 18.4 Å². The van der Waals surface area contributed by atoms with E-state index in [1.165, 1.54) is 6.42 Å². The van der Waals surface area contributed by atoms with Crippen molar-refractivity contribution in [2.24, 2.45) is 11.7 Å². The van der Waals surface area contributed by atoms with Crippen molar-refractivity contribution in [1.82, 2.24) is 5.32 Å². The minimum Gasteiger partial charge on any atom is -0.366 e. The highest BCUT2D eigenvalue weighted by Crippen LogP contribution is 2.17. The van der Waals surface area contributed by atoms with Crippen molar-refractivity contribution in [1.29, 1.82) is 0 Å². The molecule has 1 aromatic carbocycles. The first-order valence-electron chi connectivity index (χ1n) is 6.98. The van der Waals surface area contributed by atoms with Gasteiger partial charge in [0.05, 0.1) is 0 Å². The van der Waals surface area contributed by atoms with Gasteiger partial charge < -0.3 is 11.1 Å². The van der Waals surface area contributed by atoms with Crippen molar-refractivity contribution in [3.05, 3.63) is 29.8 Å². The van der Waals surface area contributed by atoms with Crippen LogP contribution in [0.2, 0.25) is 0 Å². The molecule has 1 aliphatic heterocycles. The third kappa shape index (κ3) is 4.35. The van der Waals surface area contributed by atoms with Crippen LogP contribution >= 0.6 is 0 Å². The van der Waals surface area contributed by atoms with E-state index in [-0.39, 0.29) is 5.91 Å². The summed E-state index contributed by atoms with van der Waals surface area (Å²) in [4.78, 5) is 22.8. The smallest absolute Gasteiger partial charge is 0.248 e. The standard InChI is InChI=1S/C15H20N3O2/c16-15(20)12-4-6-13(7-5-12)18-14(19)8-3-11-2-1-9-17-10-11/h4-7,11H,1-3,8-10H2,(H2,16,20)(H,18,19). The fourth-order valence-corrected chi connectivity index (χ4v) is 2.37. The molecule has 107 valence electrons. The summed E-state index contributed by atoms with van der Waals surface area (Å²) in [6.45, 7) is 1.86. The predicted molar refractivity (Wildman–Crippen MR) is 77.4 cm³/mol. The Morgan fingerprint density at radius 3 is 2.65 bits per heavy atom. The van der Waals surface area contributed by atoms with E-state index in [1.54, 1.807) is 24.3 Å². The van der Waals surface area contributed by atoms with E-state index >= 15 is 0 Å². The Balaban J connectivity index is 1.77. The minimum absolute atomic E-state index is 0.00222. The maximum atomic E-state index is 11.8. The second-order valence-electron chi connectivity index (χ2n) is 5.17. The number of hydrogen-bond acceptors (Lipinski definition) is 2. The summed E-state index contributed by atoms with van der Waals surface area (Å²) in [7, 11) is 0. The number of anilines is 1. The maximum Gasteiger partial charge on any atom is 0.248 e. The molecular formula is C15H20N3O2. The zero-order valence-electron chi connectivity index (χ0n) is 11.5. The fourth-order valence-electron chi connectivity index (χ4n) is 2.37. The molecule has 0 bridgehead atoms. The lowest BCUT2D eigenvalue weighted by molar-refractivity contribution is -0.116. The van der Waals surface area contributed by atoms with E-state index in [0.29, 0.717) is 23.6 Å². The summed E-state index contributed by atoms with van der Waals surface area (Å²) in [5.41, 5.74) is 6.29. The van der Waals surface area contributed by atoms with Gasteiger partial charge in [-0.15, -0.1) is 0 Å². The number of amides is 2. The zero-order valence-corrected chi connectivity index (χ0v) is 11.5. The Labute approximate surface area is 118 Å². The Hall–Kier alpha value is -1.88. The first-order chi connectivity index (χ1) is 9.65. The van der Waals surface area contributed by atoms with Gasteiger partial charge in [0.1, 0.15) is 0 Å². The summed E-state index contributed by atoms with van der Waals surface area (Å²) >= 11 is 0. The van der Waals surface area contributed by atoms with Crippen LogP contribution in [0.15, 0.2) is 24.3 Å². The van der Waals surface area contributed by atoms with Crippen LogP contribution in [-0.4, -0.2) is 24.9 Å². The average molecular weight is 274 g/mol. The lowest BCUT2D eigenvalue weighted by Gasteiger charge is -2.20. The number of nitrogens with two attached hydrogens (primary N) is 1. The van der Waals surface area contributed by atoms with Crippen LogP contribution in [-0.2, 0) is 4.79 Å². The molecule has 1 atom stereocenters. The summed E-state index contributed by atoms with van der Waals surface area (Å²) in [5, 5.41) is 7.20. The second kappa shape index (κ2) is 7.05. The van der Waals surface area contributed by atoms with Gasteiger partial charge in [0.2, 0.25) is 11.8 Å². The van der Waals surface area contributed by atoms with Gasteiger partial charge >= 0.3 is 0 Å². The Morgan fingerprint density at radius 2 is 2.05 bits per heavy atom. The normalized spacial score (nSPS) is 18.5. The fraction of sp³-hybridized carbons (Fsp3) is 0.467. The van der Waals surface area contributed by atoms with Gasteiger partial charge in [-0.2, -0.15) is 0 Å². The van der Waals surface area contributed by atoms with Gasteiger partial charge in [-0.25, -0.2) is 5.32 Å². The highest BCUT2D eigenvalue weighted by Gasteiger charge is 2.15. The molecule has 20 heavy (non-hydrogen) atoms. The topological polar surface area (TPSA) is 86.3 Å². The number of hydrogen-bond donors (Lipinski definition) is 2. The third-order valence-corrected chi connectivity index (χ3v) is 3.55. The first-order valence-corrected chi connectivity index (χ1v) is 6.98. The SMILES string of the molecule is NC(=O)c1ccc(NC(=O)CCC2CCC[N]C2)cc1. The van der Waals surface area contributed by atoms with Crippen LogP contribution < -0.4 is 16.4 Å². The van der Waals surface area contributed by atoms with Gasteiger partial charge in [-0.05, 0) is 49.4 Å². The molecule has 1 saturated heterocycles. The monoisotopic (exact) mass is 274 g/mol. The van der Waals surface area contributed by atoms with E-state index in [4.69, 9.17) is 5.73 Å². The molecule has 5 nitrogen and oxygen atoms in total. The number of rotatable bonds is 5. The van der Waals surface area contributed by atoms with Gasteiger partial charge in [0, 0.05) is 30.8 Å². The van der Waals surface area contributed by atoms with Gasteiger partial charge in [0.15, 0.2) is 0 Å². The third-order valence-electron chi connectivity index (χ3n) is 3.55. The molecule has 1 fully saturated rings. The van der Waals surface area contributed by atoms with Crippen molar-refractivity contribution in [2.45, 2.75) is 25.7 Å². The number of carbonyl (C=O) groups excluding carboxylic acids is 2. The predicted octanol–water partition coefficient (Wildman–Crippen LogP) is 1.52. The lowest BCUT2D eigenvalue weighted by atomic mass is 9.94. The number of nitrogens with one attached hydrogen (secondary N) is 1. The van der Waals surface area contributed by atoms with Gasteiger partial charge in [-0.1, -0.05) is 0 Å². The van der Waals surface area contributed by atoms with Crippen LogP contribution in [0, 0.1) is 5.92 Å². The molecule has 0 saturated carbocycles. The molecule has 1 heterocycles. The molecule has 1 aliphatic rings. The highest BCUT2D eigenvalue weighted by atomic mass is 16.1. The first kappa shape index (κ1) is 14.5. The van der Waals surface area contributed by atoms with Crippen molar-refractivity contribution < 1.29 is 9.59 Å². The number of nitrogens with zero attached hydrogens (tertiary/aromatic N) is 1. The molecule has 1 unspecified atom stereocenters. The molecule has 2 rings (SSSR count). The van der Waals surface area contributed by atoms with Gasteiger partial charge in [0.25, 0.3) is 0 Å². The Bertz CT molecular complexity index is 465. The van der Waals surface area contributed by atoms with Crippen LogP contribution in [0.5, 0.6) is 0 Å². The number of carbonyl (C=O) groups is 2. The van der Waals surface area contributed by atoms with E-state index in [9.17, 15) is 9.59 Å². The lowest BCUT2D eigenvalue weighted by Crippen LogP contribution is -2.25. The minimum atomic E-state index is -0.469. The van der Waals surface area contributed by atoms with Crippen LogP contribution in [0.4, 0.5) is 5.69 Å². The molecule has 2 amide bonds. The Morgan fingerprint density at radius 1 is 1.30 bits per heavy atom. The van der Waals surface area contributed by atoms with E-state index in [0.717, 1.165) is 25.9 Å². The quantitative estimate of drug-likeness (QED) is 0.852. The molecule has 1 aromatic rings. The highest BCUT2D eigenvalue weighted by molar-refractivity contribution is 5.94. The molecule has 5 heteroatoms. The van der Waals surface area contributed by atoms with Crippen molar-refractivity contribution in [3.63, 3.8) is 0 Å².